The summed E-state index contributed by atoms with van der Waals surface area (Å²) in [7, 11) is 0. The molecule has 0 fully saturated rings. The van der Waals surface area contributed by atoms with Gasteiger partial charge in [0, 0.05) is 11.9 Å². The van der Waals surface area contributed by atoms with E-state index in [2.05, 4.69) is 36.8 Å². The monoisotopic (exact) mass is 186 g/mol. The maximum Gasteiger partial charge on any atom is 0.0890 e. The molecule has 0 saturated carbocycles. The highest BCUT2D eigenvalue weighted by Crippen LogP contribution is 2.20. The van der Waals surface area contributed by atoms with Gasteiger partial charge in [0.05, 0.1) is 11.0 Å². The smallest absolute Gasteiger partial charge is 0.0890 e. The summed E-state index contributed by atoms with van der Waals surface area (Å²) in [6.07, 6.45) is 1.80. The van der Waals surface area contributed by atoms with Gasteiger partial charge in [0.1, 0.15) is 0 Å². The number of nitrogens with zero attached hydrogens (tertiary/aromatic N) is 2. The van der Waals surface area contributed by atoms with Crippen molar-refractivity contribution >= 4 is 11.0 Å². The van der Waals surface area contributed by atoms with Crippen LogP contribution in [0.25, 0.3) is 11.0 Å². The van der Waals surface area contributed by atoms with Gasteiger partial charge in [-0.3, -0.25) is 9.97 Å². The van der Waals surface area contributed by atoms with E-state index in [0.29, 0.717) is 5.92 Å². The second kappa shape index (κ2) is 3.37. The summed E-state index contributed by atoms with van der Waals surface area (Å²) in [6.45, 7) is 6.42. The van der Waals surface area contributed by atoms with Crippen molar-refractivity contribution in [2.45, 2.75) is 26.7 Å². The quantitative estimate of drug-likeness (QED) is 0.684. The van der Waals surface area contributed by atoms with Crippen LogP contribution in [0.4, 0.5) is 0 Å². The molecule has 0 aliphatic heterocycles. The fraction of sp³-hybridized carbons (Fsp3) is 0.333. The fourth-order valence-corrected chi connectivity index (χ4v) is 1.70. The van der Waals surface area contributed by atoms with E-state index in [4.69, 9.17) is 0 Å². The van der Waals surface area contributed by atoms with Gasteiger partial charge >= 0.3 is 0 Å². The Bertz CT molecular complexity index is 461. The van der Waals surface area contributed by atoms with Crippen molar-refractivity contribution in [3.05, 3.63) is 35.7 Å². The van der Waals surface area contributed by atoms with Crippen LogP contribution in [-0.2, 0) is 0 Å². The third kappa shape index (κ3) is 1.48. The molecule has 2 aromatic rings. The number of aromatic nitrogens is 2. The molecule has 0 unspecified atom stereocenters. The van der Waals surface area contributed by atoms with Crippen LogP contribution in [0.5, 0.6) is 0 Å². The summed E-state index contributed by atoms with van der Waals surface area (Å²) in [5.41, 5.74) is 4.37. The first kappa shape index (κ1) is 9.13. The second-order valence-corrected chi connectivity index (χ2v) is 3.89. The van der Waals surface area contributed by atoms with Gasteiger partial charge in [0.25, 0.3) is 0 Å². The third-order valence-electron chi connectivity index (χ3n) is 2.36. The zero-order valence-electron chi connectivity index (χ0n) is 8.78. The molecule has 0 saturated heterocycles. The van der Waals surface area contributed by atoms with E-state index in [1.54, 1.807) is 6.20 Å². The van der Waals surface area contributed by atoms with E-state index in [-0.39, 0.29) is 0 Å². The molecule has 0 atom stereocenters. The van der Waals surface area contributed by atoms with Gasteiger partial charge in [0.2, 0.25) is 0 Å². The molecule has 0 aromatic carbocycles. The molecule has 0 aliphatic carbocycles. The van der Waals surface area contributed by atoms with Crippen molar-refractivity contribution in [2.75, 3.05) is 0 Å². The largest absolute Gasteiger partial charge is 0.255 e. The fourth-order valence-electron chi connectivity index (χ4n) is 1.70. The lowest BCUT2D eigenvalue weighted by Gasteiger charge is -2.09. The van der Waals surface area contributed by atoms with Crippen molar-refractivity contribution in [1.29, 1.82) is 0 Å². The number of pyridine rings is 2. The molecule has 0 N–H and O–H groups in total. The van der Waals surface area contributed by atoms with E-state index < -0.39 is 0 Å². The first-order chi connectivity index (χ1) is 6.68. The molecule has 0 bridgehead atoms. The van der Waals surface area contributed by atoms with Crippen LogP contribution >= 0.6 is 0 Å². The van der Waals surface area contributed by atoms with Crippen LogP contribution in [0.15, 0.2) is 24.4 Å². The number of aryl methyl sites for hydroxylation is 1. The molecule has 0 aliphatic rings. The highest BCUT2D eigenvalue weighted by molar-refractivity contribution is 5.74. The van der Waals surface area contributed by atoms with E-state index in [9.17, 15) is 0 Å². The molecule has 2 heteroatoms. The molecule has 14 heavy (non-hydrogen) atoms. The van der Waals surface area contributed by atoms with E-state index in [1.165, 1.54) is 11.3 Å². The molecular weight excluding hydrogens is 172 g/mol. The summed E-state index contributed by atoms with van der Waals surface area (Å²) < 4.78 is 0. The van der Waals surface area contributed by atoms with Crippen LogP contribution in [-0.4, -0.2) is 9.97 Å². The van der Waals surface area contributed by atoms with Crippen LogP contribution in [0.1, 0.15) is 31.0 Å². The standard InChI is InChI=1S/C12H14N2/c1-8(2)12-9(3)7-11-10(14-12)5-4-6-13-11/h4-8H,1-3H3. The van der Waals surface area contributed by atoms with Crippen molar-refractivity contribution in [2.24, 2.45) is 0 Å². The van der Waals surface area contributed by atoms with Gasteiger partial charge in [-0.1, -0.05) is 13.8 Å². The first-order valence-electron chi connectivity index (χ1n) is 4.91. The lowest BCUT2D eigenvalue weighted by molar-refractivity contribution is 0.818. The molecule has 2 rings (SSSR count). The summed E-state index contributed by atoms with van der Waals surface area (Å²) in [6, 6.07) is 6.04. The Morgan fingerprint density at radius 1 is 1.21 bits per heavy atom. The molecule has 0 radical (unpaired) electrons. The zero-order chi connectivity index (χ0) is 10.1. The highest BCUT2D eigenvalue weighted by atomic mass is 14.8. The zero-order valence-corrected chi connectivity index (χ0v) is 8.78. The average molecular weight is 186 g/mol. The number of hydrogen-bond acceptors (Lipinski definition) is 2. The second-order valence-electron chi connectivity index (χ2n) is 3.89. The predicted octanol–water partition coefficient (Wildman–Crippen LogP) is 3.06. The maximum absolute atomic E-state index is 4.61. The molecule has 72 valence electrons. The van der Waals surface area contributed by atoms with Crippen molar-refractivity contribution in [1.82, 2.24) is 9.97 Å². The van der Waals surface area contributed by atoms with Crippen molar-refractivity contribution < 1.29 is 0 Å². The lowest BCUT2D eigenvalue weighted by Crippen LogP contribution is -1.97. The molecule has 0 spiro atoms. The topological polar surface area (TPSA) is 25.8 Å². The number of fused-ring (bicyclic) bond motifs is 1. The van der Waals surface area contributed by atoms with Crippen molar-refractivity contribution in [3.8, 4) is 0 Å². The maximum atomic E-state index is 4.61. The van der Waals surface area contributed by atoms with Crippen LogP contribution in [0.2, 0.25) is 0 Å². The Balaban J connectivity index is 2.71. The van der Waals surface area contributed by atoms with E-state index in [0.717, 1.165) is 11.0 Å². The number of rotatable bonds is 1. The third-order valence-corrected chi connectivity index (χ3v) is 2.36. The van der Waals surface area contributed by atoms with Crippen LogP contribution in [0.3, 0.4) is 0 Å². The van der Waals surface area contributed by atoms with Crippen LogP contribution < -0.4 is 0 Å². The Labute approximate surface area is 84.0 Å². The van der Waals surface area contributed by atoms with E-state index >= 15 is 0 Å². The van der Waals surface area contributed by atoms with Gasteiger partial charge < -0.3 is 0 Å². The van der Waals surface area contributed by atoms with Crippen LogP contribution in [0, 0.1) is 6.92 Å². The minimum atomic E-state index is 0.472. The van der Waals surface area contributed by atoms with Gasteiger partial charge in [-0.05, 0) is 36.6 Å². The van der Waals surface area contributed by atoms with Gasteiger partial charge in [-0.2, -0.15) is 0 Å². The lowest BCUT2D eigenvalue weighted by atomic mass is 10.0. The summed E-state index contributed by atoms with van der Waals surface area (Å²) in [4.78, 5) is 8.89. The Kier molecular flexibility index (Phi) is 2.20. The summed E-state index contributed by atoms with van der Waals surface area (Å²) >= 11 is 0. The Hall–Kier alpha value is -1.44. The van der Waals surface area contributed by atoms with E-state index in [1.807, 2.05) is 12.1 Å². The number of hydrogen-bond donors (Lipinski definition) is 0. The van der Waals surface area contributed by atoms with Gasteiger partial charge in [-0.15, -0.1) is 0 Å². The molecular formula is C12H14N2. The Morgan fingerprint density at radius 3 is 2.71 bits per heavy atom. The first-order valence-corrected chi connectivity index (χ1v) is 4.91. The minimum absolute atomic E-state index is 0.472. The molecule has 2 nitrogen and oxygen atoms in total. The minimum Gasteiger partial charge on any atom is -0.255 e. The average Bonchev–Trinajstić information content (AvgIpc) is 2.16. The van der Waals surface area contributed by atoms with Crippen molar-refractivity contribution in [3.63, 3.8) is 0 Å². The van der Waals surface area contributed by atoms with Gasteiger partial charge in [-0.25, -0.2) is 0 Å². The molecule has 2 heterocycles. The molecule has 2 aromatic heterocycles. The predicted molar refractivity (Wildman–Crippen MR) is 58.4 cm³/mol. The summed E-state index contributed by atoms with van der Waals surface area (Å²) in [5, 5.41) is 0. The Morgan fingerprint density at radius 2 is 2.00 bits per heavy atom. The normalized spacial score (nSPS) is 11.1. The summed E-state index contributed by atoms with van der Waals surface area (Å²) in [5.74, 6) is 0.472. The molecule has 0 amide bonds. The highest BCUT2D eigenvalue weighted by Gasteiger charge is 2.06. The SMILES string of the molecule is Cc1cc2ncccc2nc1C(C)C. The van der Waals surface area contributed by atoms with Gasteiger partial charge in [0.15, 0.2) is 0 Å².